The first-order valence-electron chi connectivity index (χ1n) is 5.88. The minimum Gasteiger partial charge on any atom is -0.212 e. The number of hydrogen-bond acceptors (Lipinski definition) is 2. The maximum atomic E-state index is 12.4. The van der Waals surface area contributed by atoms with Gasteiger partial charge >= 0.3 is 0 Å². The molecule has 0 amide bonds. The Balaban J connectivity index is 2.91. The Hall–Kier alpha value is 0.390. The highest BCUT2D eigenvalue weighted by molar-refractivity contribution is 9.09. The second kappa shape index (κ2) is 5.36. The van der Waals surface area contributed by atoms with Gasteiger partial charge in [0, 0.05) is 17.9 Å². The average molecular weight is 312 g/mol. The number of hydrogen-bond donors (Lipinski definition) is 0. The Morgan fingerprint density at radius 3 is 2.44 bits per heavy atom. The number of nitrogens with zero attached hydrogens (tertiary/aromatic N) is 1. The third kappa shape index (κ3) is 2.99. The molecule has 0 spiro atoms. The lowest BCUT2D eigenvalue weighted by atomic mass is 10.0. The molecular formula is C11H22BrNO2S. The van der Waals surface area contributed by atoms with Crippen molar-refractivity contribution >= 4 is 26.0 Å². The first kappa shape index (κ1) is 14.5. The van der Waals surface area contributed by atoms with E-state index in [0.717, 1.165) is 31.0 Å². The fourth-order valence-electron chi connectivity index (χ4n) is 2.06. The van der Waals surface area contributed by atoms with Crippen LogP contribution < -0.4 is 0 Å². The number of alkyl halides is 1. The number of rotatable bonds is 3. The Labute approximate surface area is 108 Å². The summed E-state index contributed by atoms with van der Waals surface area (Å²) in [5.74, 6) is 0. The summed E-state index contributed by atoms with van der Waals surface area (Å²) in [6.45, 7) is 6.03. The summed E-state index contributed by atoms with van der Waals surface area (Å²) in [7, 11) is -3.16. The van der Waals surface area contributed by atoms with Crippen LogP contribution in [0, 0.1) is 0 Å². The molecule has 0 N–H and O–H groups in total. The van der Waals surface area contributed by atoms with Crippen molar-refractivity contribution in [3.05, 3.63) is 0 Å². The van der Waals surface area contributed by atoms with Crippen LogP contribution in [0.25, 0.3) is 0 Å². The van der Waals surface area contributed by atoms with E-state index < -0.39 is 14.8 Å². The highest BCUT2D eigenvalue weighted by Gasteiger charge is 2.39. The van der Waals surface area contributed by atoms with E-state index in [0.29, 0.717) is 6.54 Å². The molecule has 0 radical (unpaired) electrons. The fourth-order valence-corrected chi connectivity index (χ4v) is 4.26. The minimum atomic E-state index is -3.16. The predicted octanol–water partition coefficient (Wildman–Crippen LogP) is 2.75. The van der Waals surface area contributed by atoms with E-state index in [9.17, 15) is 8.42 Å². The average Bonchev–Trinajstić information content (AvgIpc) is 2.17. The van der Waals surface area contributed by atoms with Crippen LogP contribution in [-0.4, -0.2) is 35.4 Å². The van der Waals surface area contributed by atoms with E-state index in [1.165, 1.54) is 0 Å². The molecule has 96 valence electrons. The zero-order valence-electron chi connectivity index (χ0n) is 10.4. The molecule has 0 aromatic heterocycles. The molecule has 0 bridgehead atoms. The molecule has 1 rings (SSSR count). The van der Waals surface area contributed by atoms with Gasteiger partial charge in [0.05, 0.1) is 4.75 Å². The van der Waals surface area contributed by atoms with Crippen molar-refractivity contribution in [2.24, 2.45) is 0 Å². The third-order valence-corrected chi connectivity index (χ3v) is 6.20. The molecule has 1 saturated heterocycles. The van der Waals surface area contributed by atoms with Gasteiger partial charge in [-0.25, -0.2) is 8.42 Å². The van der Waals surface area contributed by atoms with Gasteiger partial charge in [-0.1, -0.05) is 22.4 Å². The molecule has 1 atom stereocenters. The van der Waals surface area contributed by atoms with Crippen LogP contribution >= 0.6 is 15.9 Å². The fraction of sp³-hybridized carbons (Fsp3) is 1.00. The van der Waals surface area contributed by atoms with E-state index in [1.54, 1.807) is 25.1 Å². The van der Waals surface area contributed by atoms with Crippen LogP contribution in [0.3, 0.4) is 0 Å². The summed E-state index contributed by atoms with van der Waals surface area (Å²) in [5.41, 5.74) is 0. The van der Waals surface area contributed by atoms with E-state index in [4.69, 9.17) is 0 Å². The van der Waals surface area contributed by atoms with E-state index in [2.05, 4.69) is 15.9 Å². The molecule has 0 aromatic carbocycles. The molecule has 0 saturated carbocycles. The van der Waals surface area contributed by atoms with Crippen molar-refractivity contribution in [1.82, 2.24) is 4.31 Å². The van der Waals surface area contributed by atoms with Crippen molar-refractivity contribution < 1.29 is 8.42 Å². The SMILES string of the molecule is CC(C)(C)S(=O)(=O)N1CCCCC1CCBr. The van der Waals surface area contributed by atoms with Crippen LogP contribution in [0.2, 0.25) is 0 Å². The molecular weight excluding hydrogens is 290 g/mol. The van der Waals surface area contributed by atoms with Crippen LogP contribution in [0.4, 0.5) is 0 Å². The quantitative estimate of drug-likeness (QED) is 0.752. The molecule has 0 aromatic rings. The molecule has 1 aliphatic rings. The van der Waals surface area contributed by atoms with Crippen molar-refractivity contribution in [2.45, 2.75) is 57.2 Å². The lowest BCUT2D eigenvalue weighted by molar-refractivity contribution is 0.243. The second-order valence-corrected chi connectivity index (χ2v) is 8.79. The number of piperidine rings is 1. The van der Waals surface area contributed by atoms with Crippen LogP contribution in [-0.2, 0) is 10.0 Å². The second-order valence-electron chi connectivity index (χ2n) is 5.36. The number of sulfonamides is 1. The van der Waals surface area contributed by atoms with E-state index in [-0.39, 0.29) is 6.04 Å². The van der Waals surface area contributed by atoms with Gasteiger partial charge in [0.1, 0.15) is 0 Å². The van der Waals surface area contributed by atoms with E-state index >= 15 is 0 Å². The Morgan fingerprint density at radius 2 is 1.94 bits per heavy atom. The molecule has 1 fully saturated rings. The van der Waals surface area contributed by atoms with Crippen LogP contribution in [0.5, 0.6) is 0 Å². The summed E-state index contributed by atoms with van der Waals surface area (Å²) in [6, 6.07) is 0.192. The van der Waals surface area contributed by atoms with Gasteiger partial charge in [-0.05, 0) is 40.0 Å². The summed E-state index contributed by atoms with van der Waals surface area (Å²) in [4.78, 5) is 0. The van der Waals surface area contributed by atoms with E-state index in [1.807, 2.05) is 0 Å². The molecule has 0 aliphatic carbocycles. The van der Waals surface area contributed by atoms with Gasteiger partial charge in [0.25, 0.3) is 0 Å². The maximum absolute atomic E-state index is 12.4. The maximum Gasteiger partial charge on any atom is 0.219 e. The van der Waals surface area contributed by atoms with Gasteiger partial charge in [0.15, 0.2) is 0 Å². The summed E-state index contributed by atoms with van der Waals surface area (Å²) in [5, 5.41) is 0.869. The molecule has 3 nitrogen and oxygen atoms in total. The lowest BCUT2D eigenvalue weighted by Gasteiger charge is -2.38. The standard InChI is InChI=1S/C11H22BrNO2S/c1-11(2,3)16(14,15)13-9-5-4-6-10(13)7-8-12/h10H,4-9H2,1-3H3. The third-order valence-electron chi connectivity index (χ3n) is 3.10. The minimum absolute atomic E-state index is 0.192. The van der Waals surface area contributed by atoms with Crippen LogP contribution in [0.15, 0.2) is 0 Å². The van der Waals surface area contributed by atoms with Gasteiger partial charge < -0.3 is 0 Å². The molecule has 1 heterocycles. The van der Waals surface area contributed by atoms with Gasteiger partial charge in [-0.15, -0.1) is 0 Å². The predicted molar refractivity (Wildman–Crippen MR) is 71.4 cm³/mol. The Bertz CT molecular complexity index is 319. The van der Waals surface area contributed by atoms with Crippen molar-refractivity contribution in [2.75, 3.05) is 11.9 Å². The lowest BCUT2D eigenvalue weighted by Crippen LogP contribution is -2.50. The first-order chi connectivity index (χ1) is 7.30. The van der Waals surface area contributed by atoms with Crippen molar-refractivity contribution in [1.29, 1.82) is 0 Å². The van der Waals surface area contributed by atoms with Gasteiger partial charge in [-0.2, -0.15) is 4.31 Å². The monoisotopic (exact) mass is 311 g/mol. The smallest absolute Gasteiger partial charge is 0.212 e. The van der Waals surface area contributed by atoms with Crippen molar-refractivity contribution in [3.63, 3.8) is 0 Å². The zero-order chi connectivity index (χ0) is 12.4. The topological polar surface area (TPSA) is 37.4 Å². The molecule has 16 heavy (non-hydrogen) atoms. The first-order valence-corrected chi connectivity index (χ1v) is 8.44. The Kier molecular flexibility index (Phi) is 4.84. The Morgan fingerprint density at radius 1 is 1.31 bits per heavy atom. The highest BCUT2D eigenvalue weighted by Crippen LogP contribution is 2.29. The zero-order valence-corrected chi connectivity index (χ0v) is 12.8. The summed E-state index contributed by atoms with van der Waals surface area (Å²) >= 11 is 3.41. The molecule has 1 unspecified atom stereocenters. The molecule has 5 heteroatoms. The van der Waals surface area contributed by atoms with Gasteiger partial charge in [-0.3, -0.25) is 0 Å². The largest absolute Gasteiger partial charge is 0.219 e. The highest BCUT2D eigenvalue weighted by atomic mass is 79.9. The van der Waals surface area contributed by atoms with Crippen molar-refractivity contribution in [3.8, 4) is 0 Å². The number of halogens is 1. The normalized spacial score (nSPS) is 24.6. The summed E-state index contributed by atoms with van der Waals surface area (Å²) in [6.07, 6.45) is 4.05. The van der Waals surface area contributed by atoms with Gasteiger partial charge in [0.2, 0.25) is 10.0 Å². The summed E-state index contributed by atoms with van der Waals surface area (Å²) < 4.78 is 25.9. The molecule has 1 aliphatic heterocycles. The van der Waals surface area contributed by atoms with Crippen LogP contribution in [0.1, 0.15) is 46.5 Å².